The second-order valence-electron chi connectivity index (χ2n) is 9.84. The first kappa shape index (κ1) is 23.1. The van der Waals surface area contributed by atoms with Crippen molar-refractivity contribution in [2.75, 3.05) is 6.61 Å². The highest BCUT2D eigenvalue weighted by molar-refractivity contribution is 6.10. The van der Waals surface area contributed by atoms with Gasteiger partial charge in [-0.1, -0.05) is 91.5 Å². The van der Waals surface area contributed by atoms with Gasteiger partial charge in [0.25, 0.3) is 0 Å². The highest BCUT2D eigenvalue weighted by atomic mass is 16.5. The average Bonchev–Trinajstić information content (AvgIpc) is 3.36. The van der Waals surface area contributed by atoms with Gasteiger partial charge in [0, 0.05) is 22.0 Å². The van der Waals surface area contributed by atoms with E-state index in [1.165, 1.54) is 27.4 Å². The third-order valence-corrected chi connectivity index (χ3v) is 7.42. The van der Waals surface area contributed by atoms with E-state index >= 15 is 0 Å². The molecule has 6 aromatic rings. The van der Waals surface area contributed by atoms with E-state index in [1.54, 1.807) is 0 Å². The SMILES string of the molecule is C=C1/C=C(c2ccccc2)\C=C/COc2ccc(-c3ccc4c(c3)c3ccccc3n4-c3ccccc3)cc21. The van der Waals surface area contributed by atoms with Gasteiger partial charge in [0.15, 0.2) is 0 Å². The number of nitrogens with zero attached hydrogens (tertiary/aromatic N) is 1. The highest BCUT2D eigenvalue weighted by Gasteiger charge is 2.15. The van der Waals surface area contributed by atoms with E-state index in [0.29, 0.717) is 6.61 Å². The Morgan fingerprint density at radius 1 is 0.615 bits per heavy atom. The second-order valence-corrected chi connectivity index (χ2v) is 9.84. The molecule has 0 fully saturated rings. The Labute approximate surface area is 228 Å². The minimum absolute atomic E-state index is 0.509. The monoisotopic (exact) mass is 501 g/mol. The number of para-hydroxylation sites is 2. The number of ether oxygens (including phenoxy) is 1. The minimum atomic E-state index is 0.509. The van der Waals surface area contributed by atoms with Gasteiger partial charge < -0.3 is 9.30 Å². The van der Waals surface area contributed by atoms with Gasteiger partial charge in [-0.2, -0.15) is 0 Å². The average molecular weight is 502 g/mol. The van der Waals surface area contributed by atoms with Crippen LogP contribution in [0.15, 0.2) is 146 Å². The van der Waals surface area contributed by atoms with E-state index in [-0.39, 0.29) is 0 Å². The van der Waals surface area contributed by atoms with Crippen LogP contribution in [0.3, 0.4) is 0 Å². The zero-order valence-corrected chi connectivity index (χ0v) is 21.5. The van der Waals surface area contributed by atoms with Crippen LogP contribution in [0.4, 0.5) is 0 Å². The summed E-state index contributed by atoms with van der Waals surface area (Å²) >= 11 is 0. The van der Waals surface area contributed by atoms with E-state index in [1.807, 2.05) is 6.07 Å². The van der Waals surface area contributed by atoms with E-state index in [4.69, 9.17) is 4.74 Å². The number of hydrogen-bond acceptors (Lipinski definition) is 1. The summed E-state index contributed by atoms with van der Waals surface area (Å²) in [7, 11) is 0. The third kappa shape index (κ3) is 4.17. The van der Waals surface area contributed by atoms with Crippen LogP contribution >= 0.6 is 0 Å². The molecule has 1 aliphatic rings. The van der Waals surface area contributed by atoms with Crippen LogP contribution in [0.5, 0.6) is 5.75 Å². The second kappa shape index (κ2) is 9.66. The van der Waals surface area contributed by atoms with Crippen LogP contribution in [0.25, 0.3) is 49.8 Å². The fraction of sp³-hybridized carbons (Fsp3) is 0.0270. The summed E-state index contributed by atoms with van der Waals surface area (Å²) in [4.78, 5) is 0. The molecule has 0 saturated carbocycles. The lowest BCUT2D eigenvalue weighted by Gasteiger charge is -2.13. The number of rotatable bonds is 3. The maximum atomic E-state index is 6.15. The van der Waals surface area contributed by atoms with Crippen LogP contribution in [-0.4, -0.2) is 11.2 Å². The van der Waals surface area contributed by atoms with E-state index in [2.05, 4.69) is 145 Å². The standard InChI is InChI=1S/C37H27NO/c1-26-23-28(27-11-4-2-5-12-27)13-10-22-39-37-21-19-30(24-33(26)37)29-18-20-36-34(25-29)32-16-8-9-17-35(32)38(36)31-14-6-3-7-15-31/h2-21,23-25H,1,22H2/b13-10-,28-23+. The molecule has 0 radical (unpaired) electrons. The lowest BCUT2D eigenvalue weighted by molar-refractivity contribution is 0.362. The summed E-state index contributed by atoms with van der Waals surface area (Å²) in [6.07, 6.45) is 6.33. The van der Waals surface area contributed by atoms with Gasteiger partial charge in [-0.3, -0.25) is 0 Å². The van der Waals surface area contributed by atoms with Crippen molar-refractivity contribution in [2.24, 2.45) is 0 Å². The van der Waals surface area contributed by atoms with Gasteiger partial charge in [0.05, 0.1) is 11.0 Å². The Bertz CT molecular complexity index is 1910. The van der Waals surface area contributed by atoms with Crippen molar-refractivity contribution in [1.82, 2.24) is 4.57 Å². The fourth-order valence-corrected chi connectivity index (χ4v) is 5.53. The first-order valence-electron chi connectivity index (χ1n) is 13.2. The number of fused-ring (bicyclic) bond motifs is 4. The number of aromatic nitrogens is 1. The van der Waals surface area contributed by atoms with Crippen molar-refractivity contribution < 1.29 is 4.74 Å². The molecule has 0 bridgehead atoms. The third-order valence-electron chi connectivity index (χ3n) is 7.42. The zero-order chi connectivity index (χ0) is 26.2. The molecular formula is C37H27NO. The Kier molecular flexibility index (Phi) is 5.71. The summed E-state index contributed by atoms with van der Waals surface area (Å²) in [5.41, 5.74) is 10.1. The van der Waals surface area contributed by atoms with Crippen LogP contribution in [-0.2, 0) is 0 Å². The summed E-state index contributed by atoms with van der Waals surface area (Å²) in [5, 5.41) is 2.48. The van der Waals surface area contributed by atoms with Crippen molar-refractivity contribution in [1.29, 1.82) is 0 Å². The molecule has 0 N–H and O–H groups in total. The number of allylic oxidation sites excluding steroid dienone is 4. The molecule has 1 aliphatic heterocycles. The van der Waals surface area contributed by atoms with Gasteiger partial charge in [-0.25, -0.2) is 0 Å². The summed E-state index contributed by atoms with van der Waals surface area (Å²) < 4.78 is 8.49. The van der Waals surface area contributed by atoms with Gasteiger partial charge in [0.1, 0.15) is 12.4 Å². The molecule has 2 heterocycles. The molecule has 2 heteroatoms. The lowest BCUT2D eigenvalue weighted by atomic mass is 9.95. The van der Waals surface area contributed by atoms with E-state index < -0.39 is 0 Å². The maximum Gasteiger partial charge on any atom is 0.127 e. The Balaban J connectivity index is 1.35. The normalized spacial score (nSPS) is 15.5. The predicted molar refractivity (Wildman–Crippen MR) is 164 cm³/mol. The van der Waals surface area contributed by atoms with Gasteiger partial charge >= 0.3 is 0 Å². The summed E-state index contributed by atoms with van der Waals surface area (Å²) in [6, 6.07) is 42.8. The van der Waals surface area contributed by atoms with Crippen LogP contribution in [0.1, 0.15) is 11.1 Å². The van der Waals surface area contributed by atoms with Crippen molar-refractivity contribution in [2.45, 2.75) is 0 Å². The Morgan fingerprint density at radius 2 is 1.31 bits per heavy atom. The predicted octanol–water partition coefficient (Wildman–Crippen LogP) is 9.50. The quantitative estimate of drug-likeness (QED) is 0.235. The molecule has 0 aliphatic carbocycles. The molecule has 2 nitrogen and oxygen atoms in total. The molecule has 0 saturated heterocycles. The van der Waals surface area contributed by atoms with Crippen LogP contribution in [0, 0.1) is 0 Å². The zero-order valence-electron chi connectivity index (χ0n) is 21.5. The van der Waals surface area contributed by atoms with Crippen LogP contribution < -0.4 is 4.74 Å². The molecule has 0 unspecified atom stereocenters. The first-order valence-corrected chi connectivity index (χ1v) is 13.2. The van der Waals surface area contributed by atoms with Crippen molar-refractivity contribution in [3.8, 4) is 22.6 Å². The summed E-state index contributed by atoms with van der Waals surface area (Å²) in [5.74, 6) is 0.848. The molecule has 186 valence electrons. The lowest BCUT2D eigenvalue weighted by Crippen LogP contribution is -1.96. The first-order chi connectivity index (χ1) is 19.3. The Morgan fingerprint density at radius 3 is 2.15 bits per heavy atom. The van der Waals surface area contributed by atoms with E-state index in [9.17, 15) is 0 Å². The Hall–Kier alpha value is -5.08. The molecule has 7 rings (SSSR count). The minimum Gasteiger partial charge on any atom is -0.489 e. The highest BCUT2D eigenvalue weighted by Crippen LogP contribution is 2.37. The molecular weight excluding hydrogens is 474 g/mol. The van der Waals surface area contributed by atoms with Crippen molar-refractivity contribution >= 4 is 33.0 Å². The molecule has 1 aromatic heterocycles. The molecule has 0 amide bonds. The van der Waals surface area contributed by atoms with Gasteiger partial charge in [-0.05, 0) is 82.5 Å². The largest absolute Gasteiger partial charge is 0.489 e. The molecule has 0 spiro atoms. The van der Waals surface area contributed by atoms with Gasteiger partial charge in [-0.15, -0.1) is 0 Å². The molecule has 5 aromatic carbocycles. The van der Waals surface area contributed by atoms with E-state index in [0.717, 1.165) is 39.3 Å². The van der Waals surface area contributed by atoms with Gasteiger partial charge in [0.2, 0.25) is 0 Å². The molecule has 39 heavy (non-hydrogen) atoms. The van der Waals surface area contributed by atoms with Crippen molar-refractivity contribution in [3.05, 3.63) is 157 Å². The number of hydrogen-bond donors (Lipinski definition) is 0. The maximum absolute atomic E-state index is 6.15. The van der Waals surface area contributed by atoms with Crippen molar-refractivity contribution in [3.63, 3.8) is 0 Å². The smallest absolute Gasteiger partial charge is 0.127 e. The summed E-state index contributed by atoms with van der Waals surface area (Å²) in [6.45, 7) is 4.95. The van der Waals surface area contributed by atoms with Crippen LogP contribution in [0.2, 0.25) is 0 Å². The fourth-order valence-electron chi connectivity index (χ4n) is 5.53. The topological polar surface area (TPSA) is 14.2 Å². The molecule has 0 atom stereocenters. The number of benzene rings is 5.